The number of rotatable bonds is 58. The van der Waals surface area contributed by atoms with Gasteiger partial charge in [-0.3, -0.25) is 9.59 Å². The fourth-order valence-corrected chi connectivity index (χ4v) is 16.1. The molecule has 0 aromatic carbocycles. The predicted molar refractivity (Wildman–Crippen MR) is 411 cm³/mol. The van der Waals surface area contributed by atoms with Crippen LogP contribution in [0.15, 0.2) is 0 Å². The SMILES string of the molecule is CCCCCCCCCCCCCCCCCCCCC(O)C(=O)NC(COC1OC(CO)C(OC2OC(CO)C(OC3(C(=O)O)CC(OC4OC(CO)C(O)C(OC5OC(CO)C(O)C(OC6OC(C(O)CO)C(O)C6O)C5O)C4O)C(NC(C)=O)C(C(O)C(O)CO)O3)C(O)C2O)C(O)C1O)C(O)C(O)CCCCCCCCCCCC. The van der Waals surface area contributed by atoms with Gasteiger partial charge in [-0.05, 0) is 12.8 Å². The molecule has 0 aromatic heterocycles. The Bertz CT molecular complexity index is 2770. The molecule has 6 aliphatic heterocycles. The van der Waals surface area contributed by atoms with Gasteiger partial charge in [-0.25, -0.2) is 4.79 Å². The summed E-state index contributed by atoms with van der Waals surface area (Å²) in [7, 11) is 0. The molecule has 6 aliphatic rings. The number of ether oxygens (including phenoxy) is 12. The van der Waals surface area contributed by atoms with Gasteiger partial charge in [0.1, 0.15) is 153 Å². The largest absolute Gasteiger partial charge is 0.477 e. The molecule has 35 atom stereocenters. The summed E-state index contributed by atoms with van der Waals surface area (Å²) in [6, 6.07) is -3.43. The Morgan fingerprint density at radius 2 is 0.815 bits per heavy atom. The molecular weight excluding hydrogens is 1580 g/mol. The van der Waals surface area contributed by atoms with Gasteiger partial charge in [-0.15, -0.1) is 0 Å². The van der Waals surface area contributed by atoms with E-state index in [1.54, 1.807) is 0 Å². The van der Waals surface area contributed by atoms with Crippen LogP contribution in [0.25, 0.3) is 0 Å². The summed E-state index contributed by atoms with van der Waals surface area (Å²) in [6.45, 7) is -2.23. The zero-order valence-corrected chi connectivity index (χ0v) is 68.9. The van der Waals surface area contributed by atoms with Crippen molar-refractivity contribution in [1.82, 2.24) is 10.6 Å². The summed E-state index contributed by atoms with van der Waals surface area (Å²) in [6.07, 6.45) is -36.5. The molecule has 698 valence electrons. The van der Waals surface area contributed by atoms with Crippen molar-refractivity contribution in [1.29, 1.82) is 0 Å². The van der Waals surface area contributed by atoms with E-state index in [0.717, 1.165) is 84.0 Å². The first-order chi connectivity index (χ1) is 56.9. The molecule has 119 heavy (non-hydrogen) atoms. The fraction of sp³-hybridized carbons (Fsp3) is 0.962. The summed E-state index contributed by atoms with van der Waals surface area (Å²) < 4.78 is 69.8. The van der Waals surface area contributed by atoms with Crippen LogP contribution in [0.3, 0.4) is 0 Å². The third kappa shape index (κ3) is 30.6. The third-order valence-electron chi connectivity index (χ3n) is 23.3. The van der Waals surface area contributed by atoms with Crippen LogP contribution >= 0.6 is 0 Å². The lowest BCUT2D eigenvalue weighted by Crippen LogP contribution is -2.72. The Morgan fingerprint density at radius 3 is 1.27 bits per heavy atom. The van der Waals surface area contributed by atoms with E-state index in [1.807, 2.05) is 0 Å². The molecule has 2 amide bonds. The number of carbonyl (C=O) groups is 3. The highest BCUT2D eigenvalue weighted by Crippen LogP contribution is 2.42. The van der Waals surface area contributed by atoms with E-state index in [-0.39, 0.29) is 12.8 Å². The van der Waals surface area contributed by atoms with E-state index in [1.165, 1.54) is 89.9 Å². The summed E-state index contributed by atoms with van der Waals surface area (Å²) in [4.78, 5) is 40.7. The molecule has 6 rings (SSSR count). The molecule has 35 unspecified atom stereocenters. The van der Waals surface area contributed by atoms with Crippen molar-refractivity contribution in [2.75, 3.05) is 46.2 Å². The van der Waals surface area contributed by atoms with Crippen molar-refractivity contribution in [3.8, 4) is 0 Å². The molecular formula is C79H144N2O38. The number of carboxylic acids is 1. The average Bonchev–Trinajstić information content (AvgIpc) is 1.32. The normalized spacial score (nSPS) is 36.3. The molecule has 0 radical (unpaired) electrons. The highest BCUT2D eigenvalue weighted by molar-refractivity contribution is 5.80. The highest BCUT2D eigenvalue weighted by Gasteiger charge is 2.63. The van der Waals surface area contributed by atoms with Gasteiger partial charge in [0.15, 0.2) is 31.5 Å². The summed E-state index contributed by atoms with van der Waals surface area (Å²) >= 11 is 0. The topological polar surface area (TPSA) is 651 Å². The second-order valence-electron chi connectivity index (χ2n) is 32.7. The number of carbonyl (C=O) groups excluding carboxylic acids is 2. The second kappa shape index (κ2) is 54.3. The van der Waals surface area contributed by atoms with Gasteiger partial charge in [-0.2, -0.15) is 0 Å². The van der Waals surface area contributed by atoms with Crippen LogP contribution in [-0.4, -0.2) is 396 Å². The first kappa shape index (κ1) is 105. The zero-order valence-electron chi connectivity index (χ0n) is 68.9. The van der Waals surface area contributed by atoms with Gasteiger partial charge in [0, 0.05) is 13.3 Å². The monoisotopic (exact) mass is 1730 g/mol. The third-order valence-corrected chi connectivity index (χ3v) is 23.3. The van der Waals surface area contributed by atoms with Crippen molar-refractivity contribution in [2.24, 2.45) is 0 Å². The van der Waals surface area contributed by atoms with Gasteiger partial charge in [0.2, 0.25) is 11.8 Å². The van der Waals surface area contributed by atoms with E-state index >= 15 is 0 Å². The van der Waals surface area contributed by atoms with Crippen molar-refractivity contribution in [2.45, 2.75) is 434 Å². The van der Waals surface area contributed by atoms with Crippen LogP contribution in [0.4, 0.5) is 0 Å². The Balaban J connectivity index is 1.13. The number of nitrogens with one attached hydrogen (secondary N) is 2. The van der Waals surface area contributed by atoms with Gasteiger partial charge in [0.25, 0.3) is 5.79 Å². The Kier molecular flexibility index (Phi) is 47.8. The van der Waals surface area contributed by atoms with Crippen LogP contribution in [0, 0.1) is 0 Å². The van der Waals surface area contributed by atoms with Crippen molar-refractivity contribution >= 4 is 17.8 Å². The maximum atomic E-state index is 13.9. The van der Waals surface area contributed by atoms with Crippen molar-refractivity contribution in [3.05, 3.63) is 0 Å². The lowest BCUT2D eigenvalue weighted by atomic mass is 9.87. The lowest BCUT2D eigenvalue weighted by molar-refractivity contribution is -0.395. The first-order valence-corrected chi connectivity index (χ1v) is 43.1. The van der Waals surface area contributed by atoms with Gasteiger partial charge in [-0.1, -0.05) is 194 Å². The van der Waals surface area contributed by atoms with Crippen LogP contribution in [-0.2, 0) is 71.2 Å². The number of hydrogen-bond acceptors (Lipinski definition) is 37. The second-order valence-corrected chi connectivity index (χ2v) is 32.7. The molecule has 40 heteroatoms. The Labute approximate surface area is 694 Å². The molecule has 6 fully saturated rings. The lowest BCUT2D eigenvalue weighted by Gasteiger charge is -2.52. The first-order valence-electron chi connectivity index (χ1n) is 43.1. The average molecular weight is 1730 g/mol. The molecule has 40 nitrogen and oxygen atoms in total. The van der Waals surface area contributed by atoms with Gasteiger partial charge in [0.05, 0.1) is 70.5 Å². The summed E-state index contributed by atoms with van der Waals surface area (Å²) in [5, 5.41) is 260. The van der Waals surface area contributed by atoms with Crippen LogP contribution in [0.2, 0.25) is 0 Å². The van der Waals surface area contributed by atoms with E-state index in [9.17, 15) is 132 Å². The van der Waals surface area contributed by atoms with Crippen LogP contribution < -0.4 is 10.6 Å². The molecule has 0 aromatic rings. The number of aliphatic hydroxyl groups excluding tert-OH is 22. The zero-order chi connectivity index (χ0) is 87.6. The van der Waals surface area contributed by atoms with Gasteiger partial charge >= 0.3 is 5.97 Å². The van der Waals surface area contributed by atoms with Gasteiger partial charge < -0.3 is 185 Å². The highest BCUT2D eigenvalue weighted by atomic mass is 16.8. The minimum Gasteiger partial charge on any atom is -0.477 e. The van der Waals surface area contributed by atoms with Crippen LogP contribution in [0.5, 0.6) is 0 Å². The minimum absolute atomic E-state index is 0.0821. The molecule has 0 spiro atoms. The van der Waals surface area contributed by atoms with E-state index in [2.05, 4.69) is 24.5 Å². The smallest absolute Gasteiger partial charge is 0.364 e. The Hall–Kier alpha value is -2.95. The molecule has 0 saturated carbocycles. The molecule has 25 N–H and O–H groups in total. The summed E-state index contributed by atoms with van der Waals surface area (Å²) in [5.41, 5.74) is 0. The van der Waals surface area contributed by atoms with E-state index in [4.69, 9.17) is 56.8 Å². The number of carboxylic acid groups (broad SMARTS) is 1. The van der Waals surface area contributed by atoms with Crippen molar-refractivity contribution in [3.63, 3.8) is 0 Å². The molecule has 6 heterocycles. The minimum atomic E-state index is -3.44. The summed E-state index contributed by atoms with van der Waals surface area (Å²) in [5.74, 6) is -7.52. The van der Waals surface area contributed by atoms with Crippen LogP contribution in [0.1, 0.15) is 220 Å². The Morgan fingerprint density at radius 1 is 0.420 bits per heavy atom. The predicted octanol–water partition coefficient (Wildman–Crippen LogP) is -4.42. The number of aliphatic carboxylic acids is 1. The maximum Gasteiger partial charge on any atom is 0.364 e. The fourth-order valence-electron chi connectivity index (χ4n) is 16.1. The molecule has 0 bridgehead atoms. The molecule has 6 saturated heterocycles. The maximum absolute atomic E-state index is 13.9. The van der Waals surface area contributed by atoms with Crippen molar-refractivity contribution < 1.29 is 189 Å². The number of hydrogen-bond donors (Lipinski definition) is 25. The number of amides is 2. The number of aliphatic hydroxyl groups is 22. The molecule has 0 aliphatic carbocycles. The standard InChI is InChI=1S/C79H144N2O38/c1-4-6-8-10-12-14-16-17-18-19-20-21-22-23-25-27-29-31-33-45(90)72(105)81-43(54(93)44(89)32-30-28-26-24-15-13-11-9-7-5-2)41-108-73-61(100)59(98)67(51(39-86)112-73)115-74-63(102)60(99)68(52(40-87)113-74)118-79(78(106)107)34-48(53(80-42(3)88)69(119-79)55(94)46(91)35-82)109-76-64(103)70(56(95)49(37-84)110-76)117-77-65(104)71(57(96)50(38-85)111-77)116-75-62(101)58(97)66(114-75)47(92)36-83/h43-71,73-77,82-87,89-104H,4-41H2,1-3H3,(H,80,88)(H,81,105)(H,106,107). The quantitative estimate of drug-likeness (QED) is 0.0256. The van der Waals surface area contributed by atoms with E-state index < -0.39 is 285 Å². The number of unbranched alkanes of at least 4 members (excludes halogenated alkanes) is 26. The van der Waals surface area contributed by atoms with E-state index in [0.29, 0.717) is 12.8 Å².